The molecule has 0 atom stereocenters. The Morgan fingerprint density at radius 3 is 1.53 bits per heavy atom. The molecule has 0 spiro atoms. The van der Waals surface area contributed by atoms with Crippen molar-refractivity contribution in [2.45, 2.75) is 27.7 Å². The van der Waals surface area contributed by atoms with Gasteiger partial charge < -0.3 is 9.47 Å². The first kappa shape index (κ1) is 14.3. The minimum absolute atomic E-state index is 0.130. The van der Waals surface area contributed by atoms with Crippen molar-refractivity contribution < 1.29 is 19.1 Å². The highest BCUT2D eigenvalue weighted by Gasteiger charge is 2.37. The van der Waals surface area contributed by atoms with E-state index in [1.807, 2.05) is 13.8 Å². The van der Waals surface area contributed by atoms with Gasteiger partial charge in [0, 0.05) is 9.79 Å². The van der Waals surface area contributed by atoms with Gasteiger partial charge in [0.15, 0.2) is 24.1 Å². The van der Waals surface area contributed by atoms with Crippen LogP contribution in [0.1, 0.15) is 34.6 Å². The number of carbonyl (C=O) groups is 2. The molecule has 1 heterocycles. The third-order valence-corrected chi connectivity index (χ3v) is 5.60. The molecule has 0 aliphatic carbocycles. The van der Waals surface area contributed by atoms with E-state index in [0.717, 1.165) is 22.4 Å². The van der Waals surface area contributed by atoms with Gasteiger partial charge in [0.25, 0.3) is 0 Å². The summed E-state index contributed by atoms with van der Waals surface area (Å²) in [4.78, 5) is 24.3. The summed E-state index contributed by atoms with van der Waals surface area (Å²) in [7, 11) is 2.92. The molecule has 4 nitrogen and oxygen atoms in total. The topological polar surface area (TPSA) is 52.6 Å². The molecule has 19 heavy (non-hydrogen) atoms. The van der Waals surface area contributed by atoms with Gasteiger partial charge in [0.05, 0.1) is 29.4 Å². The van der Waals surface area contributed by atoms with Gasteiger partial charge in [-0.1, -0.05) is 0 Å². The van der Waals surface area contributed by atoms with E-state index in [9.17, 15) is 9.59 Å². The number of aldehydes is 2. The number of fused-ring (bicyclic) bond motifs is 1. The molecule has 1 aromatic rings. The van der Waals surface area contributed by atoms with Crippen molar-refractivity contribution in [2.75, 3.05) is 14.2 Å². The predicted molar refractivity (Wildman–Crippen MR) is 76.1 cm³/mol. The summed E-state index contributed by atoms with van der Waals surface area (Å²) in [5.74, 6) is 0.647. The molecule has 1 aromatic carbocycles. The summed E-state index contributed by atoms with van der Waals surface area (Å²) in [6.07, 6.45) is 1.51. The largest absolute Gasteiger partial charge is 0.492 e. The summed E-state index contributed by atoms with van der Waals surface area (Å²) in [5.41, 5.74) is 0.894. The number of methoxy groups -OCH3 is 2. The maximum atomic E-state index is 11.4. The summed E-state index contributed by atoms with van der Waals surface area (Å²) < 4.78 is 10.4. The van der Waals surface area contributed by atoms with Crippen LogP contribution in [-0.4, -0.2) is 30.9 Å². The van der Waals surface area contributed by atoms with Gasteiger partial charge >= 0.3 is 0 Å². The van der Waals surface area contributed by atoms with Gasteiger partial charge in [-0.05, 0) is 13.8 Å². The molecular formula is C13H14O4S2. The number of hydrogen-bond donors (Lipinski definition) is 0. The second-order valence-electron chi connectivity index (χ2n) is 4.39. The average molecular weight is 298 g/mol. The van der Waals surface area contributed by atoms with Crippen molar-refractivity contribution in [1.82, 2.24) is 0 Å². The summed E-state index contributed by atoms with van der Waals surface area (Å²) in [6, 6.07) is 0. The van der Waals surface area contributed by atoms with Crippen LogP contribution in [0.15, 0.2) is 9.79 Å². The molecular weight excluding hydrogens is 284 g/mol. The Hall–Kier alpha value is -1.14. The first-order valence-electron chi connectivity index (χ1n) is 5.59. The van der Waals surface area contributed by atoms with E-state index in [1.165, 1.54) is 14.2 Å². The van der Waals surface area contributed by atoms with E-state index in [4.69, 9.17) is 9.47 Å². The third-order valence-electron chi connectivity index (χ3n) is 2.73. The van der Waals surface area contributed by atoms with Crippen molar-refractivity contribution in [3.05, 3.63) is 11.1 Å². The molecule has 0 radical (unpaired) electrons. The Balaban J connectivity index is 2.82. The van der Waals surface area contributed by atoms with Crippen LogP contribution in [-0.2, 0) is 0 Å². The predicted octanol–water partition coefficient (Wildman–Crippen LogP) is 3.26. The number of ether oxygens (including phenoxy) is 2. The molecule has 1 aliphatic rings. The van der Waals surface area contributed by atoms with E-state index < -0.39 is 0 Å². The van der Waals surface area contributed by atoms with Crippen molar-refractivity contribution in [3.8, 4) is 11.5 Å². The van der Waals surface area contributed by atoms with Crippen LogP contribution in [0.4, 0.5) is 0 Å². The monoisotopic (exact) mass is 298 g/mol. The van der Waals surface area contributed by atoms with Crippen LogP contribution in [0, 0.1) is 0 Å². The average Bonchev–Trinajstić information content (AvgIpc) is 2.70. The fourth-order valence-electron chi connectivity index (χ4n) is 2.03. The smallest absolute Gasteiger partial charge is 0.173 e. The Labute approximate surface area is 120 Å². The van der Waals surface area contributed by atoms with E-state index in [2.05, 4.69) is 0 Å². The van der Waals surface area contributed by atoms with Crippen LogP contribution in [0.25, 0.3) is 0 Å². The van der Waals surface area contributed by atoms with E-state index in [1.54, 1.807) is 23.5 Å². The molecule has 102 valence electrons. The lowest BCUT2D eigenvalue weighted by molar-refractivity contribution is 0.110. The zero-order valence-corrected chi connectivity index (χ0v) is 12.7. The molecule has 0 bridgehead atoms. The van der Waals surface area contributed by atoms with Crippen molar-refractivity contribution >= 4 is 36.1 Å². The molecule has 0 fully saturated rings. The minimum atomic E-state index is -0.130. The highest BCUT2D eigenvalue weighted by atomic mass is 32.2. The Morgan fingerprint density at radius 1 is 0.895 bits per heavy atom. The van der Waals surface area contributed by atoms with Gasteiger partial charge in [-0.25, -0.2) is 0 Å². The third kappa shape index (κ3) is 2.23. The zero-order chi connectivity index (χ0) is 14.2. The number of carbonyl (C=O) groups excluding carboxylic acids is 2. The van der Waals surface area contributed by atoms with Gasteiger partial charge in [0.2, 0.25) is 0 Å². The van der Waals surface area contributed by atoms with Crippen LogP contribution < -0.4 is 9.47 Å². The fourth-order valence-corrected chi connectivity index (χ4v) is 4.84. The highest BCUT2D eigenvalue weighted by molar-refractivity contribution is 8.20. The first-order chi connectivity index (χ1) is 8.99. The van der Waals surface area contributed by atoms with Crippen LogP contribution in [0.2, 0.25) is 0 Å². The maximum absolute atomic E-state index is 11.4. The molecule has 0 amide bonds. The Kier molecular flexibility index (Phi) is 3.82. The second kappa shape index (κ2) is 5.09. The number of rotatable bonds is 4. The maximum Gasteiger partial charge on any atom is 0.173 e. The molecule has 0 saturated heterocycles. The zero-order valence-electron chi connectivity index (χ0n) is 11.1. The minimum Gasteiger partial charge on any atom is -0.492 e. The normalized spacial score (nSPS) is 15.8. The quantitative estimate of drug-likeness (QED) is 0.795. The second-order valence-corrected chi connectivity index (χ2v) is 7.92. The van der Waals surface area contributed by atoms with Crippen LogP contribution in [0.3, 0.4) is 0 Å². The van der Waals surface area contributed by atoms with Gasteiger partial charge in [0.1, 0.15) is 0 Å². The highest BCUT2D eigenvalue weighted by Crippen LogP contribution is 2.60. The summed E-state index contributed by atoms with van der Waals surface area (Å²) in [5, 5.41) is 0. The number of hydrogen-bond acceptors (Lipinski definition) is 6. The number of benzene rings is 1. The van der Waals surface area contributed by atoms with Crippen molar-refractivity contribution in [1.29, 1.82) is 0 Å². The van der Waals surface area contributed by atoms with Crippen molar-refractivity contribution in [3.63, 3.8) is 0 Å². The lowest BCUT2D eigenvalue weighted by Crippen LogP contribution is -2.02. The standard InChI is InChI=1S/C13H14O4S2/c1-13(2)18-11-7(5-14)9(16-3)10(17-4)8(6-15)12(11)19-13/h5-6H,1-4H3. The lowest BCUT2D eigenvalue weighted by Gasteiger charge is -2.15. The fraction of sp³-hybridized carbons (Fsp3) is 0.385. The number of thioether (sulfide) groups is 2. The molecule has 0 N–H and O–H groups in total. The van der Waals surface area contributed by atoms with E-state index >= 15 is 0 Å². The molecule has 0 saturated carbocycles. The molecule has 1 aliphatic heterocycles. The SMILES string of the molecule is COc1c(C=O)c2c(c(C=O)c1OC)SC(C)(C)S2. The Bertz CT molecular complexity index is 505. The van der Waals surface area contributed by atoms with Crippen LogP contribution in [0.5, 0.6) is 11.5 Å². The van der Waals surface area contributed by atoms with E-state index in [0.29, 0.717) is 22.6 Å². The Morgan fingerprint density at radius 2 is 1.26 bits per heavy atom. The lowest BCUT2D eigenvalue weighted by atomic mass is 10.1. The van der Waals surface area contributed by atoms with Gasteiger partial charge in [-0.15, -0.1) is 23.5 Å². The van der Waals surface area contributed by atoms with Gasteiger partial charge in [-0.3, -0.25) is 9.59 Å². The van der Waals surface area contributed by atoms with Crippen LogP contribution >= 0.6 is 23.5 Å². The molecule has 0 aromatic heterocycles. The molecule has 2 rings (SSSR count). The summed E-state index contributed by atoms with van der Waals surface area (Å²) in [6.45, 7) is 4.09. The van der Waals surface area contributed by atoms with E-state index in [-0.39, 0.29) is 4.08 Å². The summed E-state index contributed by atoms with van der Waals surface area (Å²) >= 11 is 3.12. The van der Waals surface area contributed by atoms with Crippen molar-refractivity contribution in [2.24, 2.45) is 0 Å². The molecule has 6 heteroatoms. The molecule has 0 unspecified atom stereocenters. The van der Waals surface area contributed by atoms with Gasteiger partial charge in [-0.2, -0.15) is 0 Å². The first-order valence-corrected chi connectivity index (χ1v) is 7.22.